The van der Waals surface area contributed by atoms with E-state index in [1.165, 1.54) is 6.07 Å². The summed E-state index contributed by atoms with van der Waals surface area (Å²) in [7, 11) is 0. The highest BCUT2D eigenvalue weighted by atomic mass is 35.5. The molecule has 2 rings (SSSR count). The van der Waals surface area contributed by atoms with Crippen LogP contribution in [0, 0.1) is 10.1 Å². The van der Waals surface area contributed by atoms with Crippen LogP contribution in [0.1, 0.15) is 35.5 Å². The molecule has 0 aliphatic carbocycles. The maximum absolute atomic E-state index is 12.0. The fraction of sp³-hybridized carbons (Fsp3) is 0.214. The van der Waals surface area contributed by atoms with Crippen LogP contribution in [0.4, 0.5) is 5.88 Å². The minimum absolute atomic E-state index is 0.0888. The zero-order chi connectivity index (χ0) is 15.4. The molecule has 0 saturated carbocycles. The summed E-state index contributed by atoms with van der Waals surface area (Å²) in [5, 5.41) is 13.9. The van der Waals surface area contributed by atoms with Gasteiger partial charge in [-0.05, 0) is 30.2 Å². The van der Waals surface area contributed by atoms with Crippen molar-refractivity contribution in [2.24, 2.45) is 0 Å². The first-order valence-electron chi connectivity index (χ1n) is 6.31. The van der Waals surface area contributed by atoms with Gasteiger partial charge in [0.25, 0.3) is 5.91 Å². The normalized spacial score (nSPS) is 11.9. The van der Waals surface area contributed by atoms with E-state index in [9.17, 15) is 14.9 Å². The Balaban J connectivity index is 2.12. The largest absolute Gasteiger partial charge is 0.433 e. The molecular weight excluding hydrogens is 296 g/mol. The van der Waals surface area contributed by atoms with Gasteiger partial charge in [-0.1, -0.05) is 30.7 Å². The van der Waals surface area contributed by atoms with Crippen LogP contribution in [0.2, 0.25) is 5.02 Å². The molecule has 7 heteroatoms. The molecule has 0 bridgehead atoms. The summed E-state index contributed by atoms with van der Waals surface area (Å²) in [6.07, 6.45) is 0.663. The monoisotopic (exact) mass is 308 g/mol. The van der Waals surface area contributed by atoms with Crippen molar-refractivity contribution in [1.82, 2.24) is 5.32 Å². The molecular formula is C14H13ClN2O4. The van der Waals surface area contributed by atoms with Gasteiger partial charge < -0.3 is 9.73 Å². The molecule has 1 heterocycles. The number of amides is 1. The van der Waals surface area contributed by atoms with E-state index in [1.807, 2.05) is 19.1 Å². The van der Waals surface area contributed by atoms with Crippen LogP contribution < -0.4 is 5.32 Å². The highest BCUT2D eigenvalue weighted by molar-refractivity contribution is 6.30. The number of halogens is 1. The number of hydrogen-bond donors (Lipinski definition) is 1. The quantitative estimate of drug-likeness (QED) is 0.673. The number of hydrogen-bond acceptors (Lipinski definition) is 4. The third-order valence-electron chi connectivity index (χ3n) is 2.98. The van der Waals surface area contributed by atoms with Crippen LogP contribution in [-0.2, 0) is 0 Å². The summed E-state index contributed by atoms with van der Waals surface area (Å²) in [6, 6.07) is 9.33. The van der Waals surface area contributed by atoms with E-state index in [4.69, 9.17) is 16.0 Å². The lowest BCUT2D eigenvalue weighted by molar-refractivity contribution is -0.402. The third-order valence-corrected chi connectivity index (χ3v) is 3.23. The van der Waals surface area contributed by atoms with Gasteiger partial charge in [-0.3, -0.25) is 14.9 Å². The summed E-state index contributed by atoms with van der Waals surface area (Å²) in [6.45, 7) is 1.92. The van der Waals surface area contributed by atoms with Crippen molar-refractivity contribution < 1.29 is 14.1 Å². The molecule has 6 nitrogen and oxygen atoms in total. The van der Waals surface area contributed by atoms with Crippen molar-refractivity contribution in [2.45, 2.75) is 19.4 Å². The molecule has 1 N–H and O–H groups in total. The maximum Gasteiger partial charge on any atom is 0.433 e. The summed E-state index contributed by atoms with van der Waals surface area (Å²) >= 11 is 5.83. The molecule has 110 valence electrons. The number of benzene rings is 1. The average Bonchev–Trinajstić information content (AvgIpc) is 2.96. The Hall–Kier alpha value is -2.34. The van der Waals surface area contributed by atoms with E-state index >= 15 is 0 Å². The number of furan rings is 1. The summed E-state index contributed by atoms with van der Waals surface area (Å²) in [4.78, 5) is 21.9. The molecule has 1 aromatic carbocycles. The maximum atomic E-state index is 12.0. The molecule has 0 spiro atoms. The van der Waals surface area contributed by atoms with Gasteiger partial charge in [0.15, 0.2) is 5.76 Å². The Morgan fingerprint density at radius 1 is 1.33 bits per heavy atom. The number of carbonyl (C=O) groups excluding carboxylic acids is 1. The molecule has 1 amide bonds. The lowest BCUT2D eigenvalue weighted by Gasteiger charge is -2.16. The van der Waals surface area contributed by atoms with Crippen molar-refractivity contribution in [3.63, 3.8) is 0 Å². The molecule has 0 radical (unpaired) electrons. The van der Waals surface area contributed by atoms with E-state index in [0.717, 1.165) is 11.6 Å². The Morgan fingerprint density at radius 2 is 2.00 bits per heavy atom. The highest BCUT2D eigenvalue weighted by Crippen LogP contribution is 2.21. The molecule has 0 aliphatic heterocycles. The molecule has 21 heavy (non-hydrogen) atoms. The predicted octanol–water partition coefficient (Wildman–Crippen LogP) is 3.72. The van der Waals surface area contributed by atoms with Gasteiger partial charge in [0.1, 0.15) is 4.92 Å². The van der Waals surface area contributed by atoms with Gasteiger partial charge in [-0.2, -0.15) is 0 Å². The lowest BCUT2D eigenvalue weighted by Crippen LogP contribution is -2.27. The first kappa shape index (κ1) is 15.1. The van der Waals surface area contributed by atoms with Crippen LogP contribution in [0.25, 0.3) is 0 Å². The first-order valence-corrected chi connectivity index (χ1v) is 6.69. The lowest BCUT2D eigenvalue weighted by atomic mass is 10.0. The smallest absolute Gasteiger partial charge is 0.395 e. The highest BCUT2D eigenvalue weighted by Gasteiger charge is 2.20. The van der Waals surface area contributed by atoms with Crippen molar-refractivity contribution in [2.75, 3.05) is 0 Å². The van der Waals surface area contributed by atoms with Crippen LogP contribution >= 0.6 is 11.6 Å². The topological polar surface area (TPSA) is 85.4 Å². The molecule has 0 saturated heterocycles. The Morgan fingerprint density at radius 3 is 2.52 bits per heavy atom. The number of nitrogens with zero attached hydrogens (tertiary/aromatic N) is 1. The molecule has 0 unspecified atom stereocenters. The number of rotatable bonds is 5. The van der Waals surface area contributed by atoms with Gasteiger partial charge in [0, 0.05) is 5.02 Å². The SMILES string of the molecule is CC[C@H](NC(=O)c1ccc([N+](=O)[O-])o1)c1ccc(Cl)cc1. The predicted molar refractivity (Wildman–Crippen MR) is 77.3 cm³/mol. The second-order valence-corrected chi connectivity index (χ2v) is 4.82. The van der Waals surface area contributed by atoms with Gasteiger partial charge in [-0.25, -0.2) is 0 Å². The van der Waals surface area contributed by atoms with E-state index in [0.29, 0.717) is 11.4 Å². The third kappa shape index (κ3) is 3.61. The van der Waals surface area contributed by atoms with Crippen molar-refractivity contribution >= 4 is 23.4 Å². The van der Waals surface area contributed by atoms with E-state index in [1.54, 1.807) is 12.1 Å². The molecule has 1 atom stereocenters. The molecule has 0 aliphatic rings. The zero-order valence-corrected chi connectivity index (χ0v) is 12.0. The van der Waals surface area contributed by atoms with E-state index in [2.05, 4.69) is 5.32 Å². The molecule has 1 aromatic heterocycles. The van der Waals surface area contributed by atoms with Crippen molar-refractivity contribution in [3.8, 4) is 0 Å². The molecule has 2 aromatic rings. The number of nitrogens with one attached hydrogen (secondary N) is 1. The Bertz CT molecular complexity index is 651. The Labute approximate surface area is 125 Å². The zero-order valence-electron chi connectivity index (χ0n) is 11.2. The van der Waals surface area contributed by atoms with Crippen molar-refractivity contribution in [3.05, 3.63) is 62.9 Å². The number of nitro groups is 1. The minimum Gasteiger partial charge on any atom is -0.395 e. The Kier molecular flexibility index (Phi) is 4.59. The second kappa shape index (κ2) is 6.41. The van der Waals surface area contributed by atoms with Gasteiger partial charge in [-0.15, -0.1) is 0 Å². The standard InChI is InChI=1S/C14H13ClN2O4/c1-2-11(9-3-5-10(15)6-4-9)16-14(18)12-7-8-13(21-12)17(19)20/h3-8,11H,2H2,1H3,(H,16,18)/t11-/m0/s1. The molecule has 0 fully saturated rings. The van der Waals surface area contributed by atoms with Crippen LogP contribution in [0.3, 0.4) is 0 Å². The van der Waals surface area contributed by atoms with E-state index < -0.39 is 16.7 Å². The summed E-state index contributed by atoms with van der Waals surface area (Å²) in [5.41, 5.74) is 0.899. The van der Waals surface area contributed by atoms with Crippen LogP contribution in [0.15, 0.2) is 40.8 Å². The van der Waals surface area contributed by atoms with Gasteiger partial charge in [0.2, 0.25) is 0 Å². The number of carbonyl (C=O) groups is 1. The fourth-order valence-corrected chi connectivity index (χ4v) is 2.02. The van der Waals surface area contributed by atoms with Crippen LogP contribution in [0.5, 0.6) is 0 Å². The van der Waals surface area contributed by atoms with Gasteiger partial charge >= 0.3 is 5.88 Å². The van der Waals surface area contributed by atoms with Crippen molar-refractivity contribution in [1.29, 1.82) is 0 Å². The van der Waals surface area contributed by atoms with E-state index in [-0.39, 0.29) is 11.8 Å². The average molecular weight is 309 g/mol. The summed E-state index contributed by atoms with van der Waals surface area (Å²) < 4.78 is 4.88. The second-order valence-electron chi connectivity index (χ2n) is 4.38. The first-order chi connectivity index (χ1) is 10.0. The minimum atomic E-state index is -0.687. The van der Waals surface area contributed by atoms with Gasteiger partial charge in [0.05, 0.1) is 12.1 Å². The van der Waals surface area contributed by atoms with Crippen LogP contribution in [-0.4, -0.2) is 10.8 Å². The summed E-state index contributed by atoms with van der Waals surface area (Å²) in [5.74, 6) is -1.04. The fourth-order valence-electron chi connectivity index (χ4n) is 1.89.